The molecule has 0 amide bonds. The van der Waals surface area contributed by atoms with E-state index in [2.05, 4.69) is 56.0 Å². The molecule has 0 N–H and O–H groups in total. The van der Waals surface area contributed by atoms with Crippen LogP contribution in [0.5, 0.6) is 5.75 Å². The van der Waals surface area contributed by atoms with Gasteiger partial charge in [-0.15, -0.1) is 0 Å². The third kappa shape index (κ3) is 5.41. The highest BCUT2D eigenvalue weighted by atomic mass is 79.9. The quantitative estimate of drug-likeness (QED) is 0.500. The van der Waals surface area contributed by atoms with Gasteiger partial charge in [0.05, 0.1) is 18.4 Å². The summed E-state index contributed by atoms with van der Waals surface area (Å²) in [4.78, 5) is 15.7. The summed E-state index contributed by atoms with van der Waals surface area (Å²) in [5.41, 5.74) is 3.61. The van der Waals surface area contributed by atoms with Gasteiger partial charge in [0.2, 0.25) is 0 Å². The van der Waals surface area contributed by atoms with Crippen molar-refractivity contribution in [3.05, 3.63) is 93.7 Å². The van der Waals surface area contributed by atoms with Crippen LogP contribution < -0.4 is 4.74 Å². The molecule has 0 aliphatic carbocycles. The van der Waals surface area contributed by atoms with Crippen LogP contribution in [-0.4, -0.2) is 18.1 Å². The summed E-state index contributed by atoms with van der Waals surface area (Å²) < 4.78 is 11.7. The number of hydrogen-bond acceptors (Lipinski definition) is 4. The fourth-order valence-electron chi connectivity index (χ4n) is 2.71. The summed E-state index contributed by atoms with van der Waals surface area (Å²) in [5, 5.41) is 0. The SMILES string of the molecule is COC(=O)c1ccc(COc2ccc(Br)cc2CCc2ccccc2)nc1. The molecule has 0 saturated carbocycles. The van der Waals surface area contributed by atoms with E-state index in [4.69, 9.17) is 4.74 Å². The van der Waals surface area contributed by atoms with Crippen molar-refractivity contribution < 1.29 is 14.3 Å². The van der Waals surface area contributed by atoms with Crippen molar-refractivity contribution >= 4 is 21.9 Å². The number of rotatable bonds is 7. The fourth-order valence-corrected chi connectivity index (χ4v) is 3.12. The summed E-state index contributed by atoms with van der Waals surface area (Å²) in [6.45, 7) is 0.335. The molecule has 3 rings (SSSR count). The lowest BCUT2D eigenvalue weighted by molar-refractivity contribution is 0.0600. The molecule has 0 fully saturated rings. The number of ether oxygens (including phenoxy) is 2. The molecule has 0 unspecified atom stereocenters. The van der Waals surface area contributed by atoms with Gasteiger partial charge in [-0.3, -0.25) is 4.98 Å². The Morgan fingerprint density at radius 3 is 2.56 bits per heavy atom. The van der Waals surface area contributed by atoms with Crippen LogP contribution in [0, 0.1) is 0 Å². The zero-order valence-electron chi connectivity index (χ0n) is 15.0. The summed E-state index contributed by atoms with van der Waals surface area (Å²) in [6, 6.07) is 19.9. The van der Waals surface area contributed by atoms with Gasteiger partial charge in [-0.25, -0.2) is 4.79 Å². The van der Waals surface area contributed by atoms with Crippen molar-refractivity contribution in [2.75, 3.05) is 7.11 Å². The number of hydrogen-bond donors (Lipinski definition) is 0. The van der Waals surface area contributed by atoms with Gasteiger partial charge in [-0.1, -0.05) is 46.3 Å². The minimum Gasteiger partial charge on any atom is -0.487 e. The van der Waals surface area contributed by atoms with Crippen LogP contribution in [0.25, 0.3) is 0 Å². The summed E-state index contributed by atoms with van der Waals surface area (Å²) >= 11 is 3.54. The van der Waals surface area contributed by atoms with Crippen LogP contribution in [0.1, 0.15) is 27.2 Å². The molecule has 2 aromatic carbocycles. The third-order valence-corrected chi connectivity index (χ3v) is 4.66. The van der Waals surface area contributed by atoms with Crippen molar-refractivity contribution in [2.24, 2.45) is 0 Å². The summed E-state index contributed by atoms with van der Waals surface area (Å²) in [7, 11) is 1.35. The van der Waals surface area contributed by atoms with E-state index >= 15 is 0 Å². The predicted octanol–water partition coefficient (Wildman–Crippen LogP) is 4.99. The molecule has 0 aliphatic rings. The first kappa shape index (κ1) is 19.1. The first-order chi connectivity index (χ1) is 13.2. The van der Waals surface area contributed by atoms with E-state index in [0.717, 1.165) is 34.3 Å². The maximum atomic E-state index is 11.5. The number of aromatic nitrogens is 1. The second-order valence-corrected chi connectivity index (χ2v) is 6.97. The van der Waals surface area contributed by atoms with E-state index < -0.39 is 5.97 Å². The second-order valence-electron chi connectivity index (χ2n) is 6.06. The normalized spacial score (nSPS) is 10.4. The molecule has 0 saturated heterocycles. The summed E-state index contributed by atoms with van der Waals surface area (Å²) in [5.74, 6) is 0.444. The average Bonchev–Trinajstić information content (AvgIpc) is 2.72. The highest BCUT2D eigenvalue weighted by Gasteiger charge is 2.08. The highest BCUT2D eigenvalue weighted by molar-refractivity contribution is 9.10. The molecule has 138 valence electrons. The van der Waals surface area contributed by atoms with E-state index in [1.807, 2.05) is 18.2 Å². The van der Waals surface area contributed by atoms with Gasteiger partial charge in [0.15, 0.2) is 0 Å². The lowest BCUT2D eigenvalue weighted by Gasteiger charge is -2.12. The first-order valence-electron chi connectivity index (χ1n) is 8.64. The topological polar surface area (TPSA) is 48.4 Å². The number of carbonyl (C=O) groups excluding carboxylic acids is 1. The Kier molecular flexibility index (Phi) is 6.60. The van der Waals surface area contributed by atoms with E-state index in [9.17, 15) is 4.79 Å². The van der Waals surface area contributed by atoms with Gasteiger partial charge in [0, 0.05) is 10.7 Å². The smallest absolute Gasteiger partial charge is 0.339 e. The van der Waals surface area contributed by atoms with Crippen molar-refractivity contribution in [3.8, 4) is 5.75 Å². The van der Waals surface area contributed by atoms with Gasteiger partial charge in [-0.2, -0.15) is 0 Å². The molecular weight excluding hydrogens is 406 g/mol. The van der Waals surface area contributed by atoms with Gasteiger partial charge >= 0.3 is 5.97 Å². The fraction of sp³-hybridized carbons (Fsp3) is 0.182. The van der Waals surface area contributed by atoms with Crippen LogP contribution in [0.15, 0.2) is 71.3 Å². The van der Waals surface area contributed by atoms with E-state index in [1.54, 1.807) is 12.1 Å². The predicted molar refractivity (Wildman–Crippen MR) is 108 cm³/mol. The zero-order chi connectivity index (χ0) is 19.1. The molecule has 0 aliphatic heterocycles. The number of pyridine rings is 1. The molecule has 4 nitrogen and oxygen atoms in total. The van der Waals surface area contributed by atoms with E-state index in [-0.39, 0.29) is 0 Å². The number of methoxy groups -OCH3 is 1. The molecule has 27 heavy (non-hydrogen) atoms. The average molecular weight is 426 g/mol. The highest BCUT2D eigenvalue weighted by Crippen LogP contribution is 2.25. The number of esters is 1. The minimum absolute atomic E-state index is 0.335. The van der Waals surface area contributed by atoms with Crippen LogP contribution in [0.3, 0.4) is 0 Å². The van der Waals surface area contributed by atoms with Crippen LogP contribution >= 0.6 is 15.9 Å². The standard InChI is InChI=1S/C22H20BrNO3/c1-26-22(25)18-9-11-20(24-14-18)15-27-21-12-10-19(23)13-17(21)8-7-16-5-3-2-4-6-16/h2-6,9-14H,7-8,15H2,1H3. The monoisotopic (exact) mass is 425 g/mol. The van der Waals surface area contributed by atoms with Crippen LogP contribution in [0.2, 0.25) is 0 Å². The van der Waals surface area contributed by atoms with E-state index in [1.165, 1.54) is 18.9 Å². The Bertz CT molecular complexity index is 895. The Morgan fingerprint density at radius 1 is 1.04 bits per heavy atom. The van der Waals surface area contributed by atoms with Crippen molar-refractivity contribution in [2.45, 2.75) is 19.4 Å². The van der Waals surface area contributed by atoms with Gasteiger partial charge < -0.3 is 9.47 Å². The van der Waals surface area contributed by atoms with Crippen LogP contribution in [-0.2, 0) is 24.2 Å². The largest absolute Gasteiger partial charge is 0.487 e. The van der Waals surface area contributed by atoms with Gasteiger partial charge in [0.1, 0.15) is 12.4 Å². The van der Waals surface area contributed by atoms with E-state index in [0.29, 0.717) is 12.2 Å². The third-order valence-electron chi connectivity index (χ3n) is 4.17. The van der Waals surface area contributed by atoms with Gasteiger partial charge in [0.25, 0.3) is 0 Å². The maximum absolute atomic E-state index is 11.5. The molecule has 3 aromatic rings. The number of benzene rings is 2. The van der Waals surface area contributed by atoms with Crippen molar-refractivity contribution in [3.63, 3.8) is 0 Å². The second kappa shape index (κ2) is 9.33. The molecule has 0 radical (unpaired) electrons. The number of aryl methyl sites for hydroxylation is 2. The number of nitrogens with zero attached hydrogens (tertiary/aromatic N) is 1. The Hall–Kier alpha value is -2.66. The van der Waals surface area contributed by atoms with Crippen LogP contribution in [0.4, 0.5) is 0 Å². The Balaban J connectivity index is 1.66. The number of halogens is 1. The molecule has 0 spiro atoms. The number of carbonyl (C=O) groups is 1. The van der Waals surface area contributed by atoms with Crippen molar-refractivity contribution in [1.82, 2.24) is 4.98 Å². The molecule has 0 atom stereocenters. The molecular formula is C22H20BrNO3. The maximum Gasteiger partial charge on any atom is 0.339 e. The molecule has 1 aromatic heterocycles. The molecule has 5 heteroatoms. The van der Waals surface area contributed by atoms with Gasteiger partial charge in [-0.05, 0) is 54.3 Å². The first-order valence-corrected chi connectivity index (χ1v) is 9.43. The Morgan fingerprint density at radius 2 is 1.85 bits per heavy atom. The molecule has 1 heterocycles. The zero-order valence-corrected chi connectivity index (χ0v) is 16.6. The Labute approximate surface area is 167 Å². The molecule has 0 bridgehead atoms. The minimum atomic E-state index is -0.397. The lowest BCUT2D eigenvalue weighted by Crippen LogP contribution is -2.05. The lowest BCUT2D eigenvalue weighted by atomic mass is 10.0. The van der Waals surface area contributed by atoms with Crippen molar-refractivity contribution in [1.29, 1.82) is 0 Å². The summed E-state index contributed by atoms with van der Waals surface area (Å²) in [6.07, 6.45) is 3.33.